The van der Waals surface area contributed by atoms with Gasteiger partial charge < -0.3 is 10.1 Å². The molecule has 0 saturated heterocycles. The molecule has 1 N–H and O–H groups in total. The number of hydrogen-bond acceptors (Lipinski definition) is 3. The van der Waals surface area contributed by atoms with Crippen LogP contribution in [0.15, 0.2) is 18.2 Å². The van der Waals surface area contributed by atoms with Gasteiger partial charge in [-0.1, -0.05) is 13.8 Å². The maximum absolute atomic E-state index is 13.1. The van der Waals surface area contributed by atoms with Crippen LogP contribution >= 0.6 is 0 Å². The first-order chi connectivity index (χ1) is 9.35. The predicted molar refractivity (Wildman–Crippen MR) is 69.1 cm³/mol. The van der Waals surface area contributed by atoms with Gasteiger partial charge in [0.1, 0.15) is 6.04 Å². The lowest BCUT2D eigenvalue weighted by atomic mass is 10.0. The number of hydrogen-bond donors (Lipinski definition) is 1. The molecule has 1 amide bonds. The number of nitrogens with one attached hydrogen (secondary N) is 1. The Morgan fingerprint density at radius 2 is 1.90 bits per heavy atom. The summed E-state index contributed by atoms with van der Waals surface area (Å²) in [4.78, 5) is 23.5. The molecule has 0 aliphatic heterocycles. The summed E-state index contributed by atoms with van der Waals surface area (Å²) in [5, 5.41) is 2.46. The number of rotatable bonds is 5. The highest BCUT2D eigenvalue weighted by molar-refractivity contribution is 5.96. The largest absolute Gasteiger partial charge is 0.467 e. The first-order valence-electron chi connectivity index (χ1n) is 6.19. The fraction of sp³-hybridized carbons (Fsp3) is 0.429. The van der Waals surface area contributed by atoms with Crippen molar-refractivity contribution in [2.75, 3.05) is 7.11 Å². The Morgan fingerprint density at radius 3 is 2.40 bits per heavy atom. The van der Waals surface area contributed by atoms with E-state index in [0.29, 0.717) is 6.42 Å². The molecule has 1 rings (SSSR count). The van der Waals surface area contributed by atoms with Crippen LogP contribution in [0.25, 0.3) is 0 Å². The second-order valence-corrected chi connectivity index (χ2v) is 4.81. The Kier molecular flexibility index (Phi) is 5.61. The van der Waals surface area contributed by atoms with Crippen LogP contribution in [0.3, 0.4) is 0 Å². The minimum absolute atomic E-state index is 0.0541. The zero-order valence-corrected chi connectivity index (χ0v) is 11.6. The summed E-state index contributed by atoms with van der Waals surface area (Å²) in [6, 6.07) is 1.98. The summed E-state index contributed by atoms with van der Waals surface area (Å²) in [5.74, 6) is -3.22. The molecule has 0 heterocycles. The summed E-state index contributed by atoms with van der Waals surface area (Å²) in [5.41, 5.74) is -0.0541. The van der Waals surface area contributed by atoms with Crippen LogP contribution in [0.1, 0.15) is 30.6 Å². The van der Waals surface area contributed by atoms with Gasteiger partial charge >= 0.3 is 5.97 Å². The van der Waals surface area contributed by atoms with Gasteiger partial charge in [0.2, 0.25) is 0 Å². The Labute approximate surface area is 116 Å². The van der Waals surface area contributed by atoms with Crippen molar-refractivity contribution in [1.29, 1.82) is 0 Å². The molecule has 1 aromatic carbocycles. The monoisotopic (exact) mass is 285 g/mol. The standard InChI is InChI=1S/C14H17F2NO3/c1-8(2)6-12(14(19)20-3)17-13(18)9-4-5-10(15)11(16)7-9/h4-5,7-8,12H,6H2,1-3H3,(H,17,18)/t12-/m0/s1. The van der Waals surface area contributed by atoms with Gasteiger partial charge in [0.05, 0.1) is 7.11 Å². The quantitative estimate of drug-likeness (QED) is 0.844. The maximum atomic E-state index is 13.1. The highest BCUT2D eigenvalue weighted by Crippen LogP contribution is 2.11. The van der Waals surface area contributed by atoms with Crippen LogP contribution in [-0.4, -0.2) is 25.0 Å². The third-order valence-corrected chi connectivity index (χ3v) is 2.68. The van der Waals surface area contributed by atoms with Crippen molar-refractivity contribution < 1.29 is 23.1 Å². The molecular weight excluding hydrogens is 268 g/mol. The van der Waals surface area contributed by atoms with Crippen molar-refractivity contribution in [3.8, 4) is 0 Å². The second-order valence-electron chi connectivity index (χ2n) is 4.81. The number of methoxy groups -OCH3 is 1. The molecule has 1 atom stereocenters. The van der Waals surface area contributed by atoms with E-state index in [-0.39, 0.29) is 11.5 Å². The van der Waals surface area contributed by atoms with Crippen LogP contribution in [-0.2, 0) is 9.53 Å². The molecule has 0 radical (unpaired) electrons. The van der Waals surface area contributed by atoms with E-state index in [9.17, 15) is 18.4 Å². The van der Waals surface area contributed by atoms with E-state index < -0.39 is 29.6 Å². The number of carbonyl (C=O) groups is 2. The van der Waals surface area contributed by atoms with Crippen LogP contribution < -0.4 is 5.32 Å². The van der Waals surface area contributed by atoms with E-state index in [1.54, 1.807) is 0 Å². The number of ether oxygens (including phenoxy) is 1. The number of carbonyl (C=O) groups excluding carboxylic acids is 2. The third kappa shape index (κ3) is 4.29. The van der Waals surface area contributed by atoms with Crippen LogP contribution in [0.4, 0.5) is 8.78 Å². The topological polar surface area (TPSA) is 55.4 Å². The summed E-state index contributed by atoms with van der Waals surface area (Å²) >= 11 is 0. The number of benzene rings is 1. The molecule has 0 saturated carbocycles. The number of esters is 1. The zero-order valence-electron chi connectivity index (χ0n) is 11.6. The highest BCUT2D eigenvalue weighted by Gasteiger charge is 2.23. The highest BCUT2D eigenvalue weighted by atomic mass is 19.2. The van der Waals surface area contributed by atoms with Gasteiger partial charge in [-0.05, 0) is 30.5 Å². The van der Waals surface area contributed by atoms with Gasteiger partial charge in [-0.25, -0.2) is 13.6 Å². The molecule has 0 aliphatic carbocycles. The summed E-state index contributed by atoms with van der Waals surface area (Å²) in [6.07, 6.45) is 0.391. The minimum Gasteiger partial charge on any atom is -0.467 e. The molecule has 4 nitrogen and oxygen atoms in total. The smallest absolute Gasteiger partial charge is 0.328 e. The molecule has 0 fully saturated rings. The SMILES string of the molecule is COC(=O)[C@H](CC(C)C)NC(=O)c1ccc(F)c(F)c1. The molecular formula is C14H17F2NO3. The van der Waals surface area contributed by atoms with Gasteiger partial charge in [-0.15, -0.1) is 0 Å². The average Bonchev–Trinajstić information content (AvgIpc) is 2.39. The summed E-state index contributed by atoms with van der Waals surface area (Å²) in [6.45, 7) is 3.78. The fourth-order valence-corrected chi connectivity index (χ4v) is 1.71. The minimum atomic E-state index is -1.11. The summed E-state index contributed by atoms with van der Waals surface area (Å²) in [7, 11) is 1.22. The van der Waals surface area contributed by atoms with Crippen molar-refractivity contribution in [3.05, 3.63) is 35.4 Å². The lowest BCUT2D eigenvalue weighted by Crippen LogP contribution is -2.42. The van der Waals surface area contributed by atoms with Gasteiger partial charge in [-0.3, -0.25) is 4.79 Å². The first-order valence-corrected chi connectivity index (χ1v) is 6.19. The van der Waals surface area contributed by atoms with Crippen LogP contribution in [0.5, 0.6) is 0 Å². The molecule has 0 unspecified atom stereocenters. The van der Waals surface area contributed by atoms with E-state index in [0.717, 1.165) is 18.2 Å². The van der Waals surface area contributed by atoms with Crippen molar-refractivity contribution in [3.63, 3.8) is 0 Å². The zero-order chi connectivity index (χ0) is 15.3. The molecule has 0 spiro atoms. The van der Waals surface area contributed by atoms with Gasteiger partial charge in [0.25, 0.3) is 5.91 Å². The molecule has 0 aliphatic rings. The summed E-state index contributed by atoms with van der Waals surface area (Å²) < 4.78 is 30.5. The van der Waals surface area contributed by atoms with E-state index in [2.05, 4.69) is 10.1 Å². The molecule has 20 heavy (non-hydrogen) atoms. The third-order valence-electron chi connectivity index (χ3n) is 2.68. The Hall–Kier alpha value is -1.98. The van der Waals surface area contributed by atoms with Crippen molar-refractivity contribution >= 4 is 11.9 Å². The lowest BCUT2D eigenvalue weighted by molar-refractivity contribution is -0.143. The van der Waals surface area contributed by atoms with Crippen LogP contribution in [0.2, 0.25) is 0 Å². The fourth-order valence-electron chi connectivity index (χ4n) is 1.71. The van der Waals surface area contributed by atoms with Crippen molar-refractivity contribution in [2.24, 2.45) is 5.92 Å². The van der Waals surface area contributed by atoms with E-state index in [4.69, 9.17) is 0 Å². The van der Waals surface area contributed by atoms with Crippen molar-refractivity contribution in [2.45, 2.75) is 26.3 Å². The maximum Gasteiger partial charge on any atom is 0.328 e. The molecule has 0 bridgehead atoms. The van der Waals surface area contributed by atoms with Crippen molar-refractivity contribution in [1.82, 2.24) is 5.32 Å². The van der Waals surface area contributed by atoms with Crippen LogP contribution in [0, 0.1) is 17.6 Å². The Balaban J connectivity index is 2.84. The first kappa shape index (κ1) is 16.1. The molecule has 0 aromatic heterocycles. The number of halogens is 2. The number of amides is 1. The predicted octanol–water partition coefficient (Wildman–Crippen LogP) is 2.28. The van der Waals surface area contributed by atoms with E-state index in [1.807, 2.05) is 13.8 Å². The van der Waals surface area contributed by atoms with Gasteiger partial charge in [0, 0.05) is 5.56 Å². The van der Waals surface area contributed by atoms with E-state index in [1.165, 1.54) is 7.11 Å². The Morgan fingerprint density at radius 1 is 1.25 bits per heavy atom. The van der Waals surface area contributed by atoms with Gasteiger partial charge in [-0.2, -0.15) is 0 Å². The normalized spacial score (nSPS) is 12.1. The van der Waals surface area contributed by atoms with E-state index >= 15 is 0 Å². The molecule has 110 valence electrons. The molecule has 6 heteroatoms. The molecule has 1 aromatic rings. The second kappa shape index (κ2) is 6.98. The lowest BCUT2D eigenvalue weighted by Gasteiger charge is -2.18. The van der Waals surface area contributed by atoms with Gasteiger partial charge in [0.15, 0.2) is 11.6 Å². The Bertz CT molecular complexity index is 503. The average molecular weight is 285 g/mol.